The van der Waals surface area contributed by atoms with Gasteiger partial charge in [0.2, 0.25) is 0 Å². The maximum absolute atomic E-state index is 13.2. The molecule has 1 saturated carbocycles. The van der Waals surface area contributed by atoms with E-state index in [4.69, 9.17) is 11.6 Å². The summed E-state index contributed by atoms with van der Waals surface area (Å²) in [5, 5.41) is 1.26. The molecule has 1 heterocycles. The molecular weight excluding hydrogens is 318 g/mol. The first kappa shape index (κ1) is 17.5. The van der Waals surface area contributed by atoms with Gasteiger partial charge in [0, 0.05) is 40.5 Å². The number of Topliss-reactive ketones (excluding diaryl/α,β-unsaturated/α-hetero) is 1. The van der Waals surface area contributed by atoms with Gasteiger partial charge >= 0.3 is 0 Å². The molecule has 1 fully saturated rings. The van der Waals surface area contributed by atoms with Crippen LogP contribution in [0, 0.1) is 16.7 Å². The molecule has 0 unspecified atom stereocenters. The lowest BCUT2D eigenvalue weighted by Gasteiger charge is -2.08. The van der Waals surface area contributed by atoms with Crippen molar-refractivity contribution >= 4 is 28.3 Å². The Morgan fingerprint density at radius 3 is 2.42 bits per heavy atom. The van der Waals surface area contributed by atoms with E-state index in [-0.39, 0.29) is 27.9 Å². The number of carbonyl (C=O) groups excluding carboxylic acids is 1. The van der Waals surface area contributed by atoms with Crippen LogP contribution in [0.25, 0.3) is 10.9 Å². The maximum atomic E-state index is 13.2. The third kappa shape index (κ3) is 2.60. The minimum atomic E-state index is 0.0662. The first-order valence-electron chi connectivity index (χ1n) is 8.98. The molecule has 0 amide bonds. The highest BCUT2D eigenvalue weighted by Gasteiger charge is 2.68. The van der Waals surface area contributed by atoms with Crippen LogP contribution in [-0.2, 0) is 6.54 Å². The summed E-state index contributed by atoms with van der Waals surface area (Å²) >= 11 is 6.29. The van der Waals surface area contributed by atoms with Crippen molar-refractivity contribution in [3.63, 3.8) is 0 Å². The van der Waals surface area contributed by atoms with E-state index in [0.717, 1.165) is 35.9 Å². The van der Waals surface area contributed by atoms with E-state index in [1.165, 1.54) is 0 Å². The smallest absolute Gasteiger partial charge is 0.169 e. The topological polar surface area (TPSA) is 22.0 Å². The lowest BCUT2D eigenvalue weighted by Crippen LogP contribution is -2.07. The zero-order valence-corrected chi connectivity index (χ0v) is 16.2. The molecule has 3 rings (SSSR count). The van der Waals surface area contributed by atoms with Crippen LogP contribution >= 0.6 is 11.6 Å². The standard InChI is InChI=1S/C21H28ClNO/c1-6-14(22)11-12-23-13-16(15-9-7-8-10-17(15)23)18(24)19-20(2,3)21(19,4)5/h7-10,13-14,19H,6,11-12H2,1-5H3/t14-/m0/s1. The van der Waals surface area contributed by atoms with Crippen LogP contribution in [0.4, 0.5) is 0 Å². The summed E-state index contributed by atoms with van der Waals surface area (Å²) in [6.45, 7) is 11.8. The summed E-state index contributed by atoms with van der Waals surface area (Å²) < 4.78 is 2.20. The first-order chi connectivity index (χ1) is 11.2. The van der Waals surface area contributed by atoms with Crippen LogP contribution in [0.2, 0.25) is 0 Å². The van der Waals surface area contributed by atoms with Gasteiger partial charge in [-0.1, -0.05) is 52.8 Å². The van der Waals surface area contributed by atoms with Gasteiger partial charge in [-0.2, -0.15) is 0 Å². The molecule has 2 nitrogen and oxygen atoms in total. The van der Waals surface area contributed by atoms with Gasteiger partial charge in [0.25, 0.3) is 0 Å². The Morgan fingerprint density at radius 1 is 1.21 bits per heavy atom. The van der Waals surface area contributed by atoms with Gasteiger partial charge in [-0.25, -0.2) is 0 Å². The van der Waals surface area contributed by atoms with E-state index in [1.807, 2.05) is 12.1 Å². The molecule has 1 aromatic carbocycles. The Labute approximate surface area is 150 Å². The van der Waals surface area contributed by atoms with Crippen LogP contribution in [0.15, 0.2) is 30.5 Å². The minimum absolute atomic E-state index is 0.0662. The number of hydrogen-bond acceptors (Lipinski definition) is 1. The summed E-state index contributed by atoms with van der Waals surface area (Å²) in [6.07, 6.45) is 3.94. The number of aryl methyl sites for hydroxylation is 1. The van der Waals surface area contributed by atoms with Crippen molar-refractivity contribution in [3.05, 3.63) is 36.0 Å². The van der Waals surface area contributed by atoms with Crippen LogP contribution < -0.4 is 0 Å². The second-order valence-corrected chi connectivity index (χ2v) is 8.91. The third-order valence-corrected chi connectivity index (χ3v) is 6.99. The Bertz CT molecular complexity index is 757. The molecule has 2 aromatic rings. The average Bonchev–Trinajstić information content (AvgIpc) is 2.84. The number of rotatable bonds is 6. The van der Waals surface area contributed by atoms with Crippen molar-refractivity contribution in [1.82, 2.24) is 4.57 Å². The van der Waals surface area contributed by atoms with Gasteiger partial charge in [-0.3, -0.25) is 4.79 Å². The van der Waals surface area contributed by atoms with E-state index < -0.39 is 0 Å². The maximum Gasteiger partial charge on any atom is 0.169 e. The molecule has 24 heavy (non-hydrogen) atoms. The van der Waals surface area contributed by atoms with E-state index in [9.17, 15) is 4.79 Å². The van der Waals surface area contributed by atoms with Crippen molar-refractivity contribution in [2.45, 2.75) is 59.4 Å². The summed E-state index contributed by atoms with van der Waals surface area (Å²) in [5.74, 6) is 0.388. The molecule has 0 bridgehead atoms. The number of halogens is 1. The van der Waals surface area contributed by atoms with E-state index in [2.05, 4.69) is 57.5 Å². The zero-order valence-electron chi connectivity index (χ0n) is 15.4. The second-order valence-electron chi connectivity index (χ2n) is 8.29. The summed E-state index contributed by atoms with van der Waals surface area (Å²) in [6, 6.07) is 8.23. The monoisotopic (exact) mass is 345 g/mol. The zero-order chi connectivity index (χ0) is 17.7. The SMILES string of the molecule is CC[C@H](Cl)CCn1cc(C(=O)C2C(C)(C)C2(C)C)c2ccccc21. The minimum Gasteiger partial charge on any atom is -0.347 e. The van der Waals surface area contributed by atoms with Crippen LogP contribution in [-0.4, -0.2) is 15.7 Å². The molecule has 0 radical (unpaired) electrons. The van der Waals surface area contributed by atoms with Crippen molar-refractivity contribution in [2.75, 3.05) is 0 Å². The predicted octanol–water partition coefficient (Wildman–Crippen LogP) is 5.91. The molecule has 3 heteroatoms. The summed E-state index contributed by atoms with van der Waals surface area (Å²) in [5.41, 5.74) is 2.14. The van der Waals surface area contributed by atoms with Crippen molar-refractivity contribution in [1.29, 1.82) is 0 Å². The van der Waals surface area contributed by atoms with Gasteiger partial charge in [-0.05, 0) is 29.7 Å². The molecule has 0 aliphatic heterocycles. The third-order valence-electron chi connectivity index (χ3n) is 6.46. The van der Waals surface area contributed by atoms with Gasteiger partial charge in [0.05, 0.1) is 0 Å². The summed E-state index contributed by atoms with van der Waals surface area (Å²) in [7, 11) is 0. The van der Waals surface area contributed by atoms with Crippen LogP contribution in [0.3, 0.4) is 0 Å². The fourth-order valence-electron chi connectivity index (χ4n) is 4.12. The van der Waals surface area contributed by atoms with Crippen molar-refractivity contribution in [2.24, 2.45) is 16.7 Å². The largest absolute Gasteiger partial charge is 0.347 e. The van der Waals surface area contributed by atoms with E-state index >= 15 is 0 Å². The molecule has 1 aliphatic rings. The number of hydrogen-bond donors (Lipinski definition) is 0. The van der Waals surface area contributed by atoms with Gasteiger partial charge in [0.1, 0.15) is 0 Å². The number of carbonyl (C=O) groups is 1. The number of ketones is 1. The number of aromatic nitrogens is 1. The number of para-hydroxylation sites is 1. The van der Waals surface area contributed by atoms with Crippen molar-refractivity contribution < 1.29 is 4.79 Å². The van der Waals surface area contributed by atoms with E-state index in [0.29, 0.717) is 0 Å². The highest BCUT2D eigenvalue weighted by Crippen LogP contribution is 2.69. The Hall–Kier alpha value is -1.28. The normalized spacial score (nSPS) is 20.2. The number of fused-ring (bicyclic) bond motifs is 1. The molecule has 1 aliphatic carbocycles. The second kappa shape index (κ2) is 5.91. The molecular formula is C21H28ClNO. The quantitative estimate of drug-likeness (QED) is 0.471. The van der Waals surface area contributed by atoms with Gasteiger partial charge in [0.15, 0.2) is 5.78 Å². The lowest BCUT2D eigenvalue weighted by atomic mass is 10.0. The Balaban J connectivity index is 1.96. The number of alkyl halides is 1. The highest BCUT2D eigenvalue weighted by atomic mass is 35.5. The molecule has 130 valence electrons. The fraction of sp³-hybridized carbons (Fsp3) is 0.571. The fourth-order valence-corrected chi connectivity index (χ4v) is 4.22. The van der Waals surface area contributed by atoms with Crippen LogP contribution in [0.1, 0.15) is 57.8 Å². The highest BCUT2D eigenvalue weighted by molar-refractivity contribution is 6.20. The van der Waals surface area contributed by atoms with Crippen molar-refractivity contribution in [3.8, 4) is 0 Å². The van der Waals surface area contributed by atoms with Crippen LogP contribution in [0.5, 0.6) is 0 Å². The Kier molecular flexibility index (Phi) is 4.32. The molecule has 0 N–H and O–H groups in total. The number of nitrogens with zero attached hydrogens (tertiary/aromatic N) is 1. The first-order valence-corrected chi connectivity index (χ1v) is 9.41. The van der Waals surface area contributed by atoms with E-state index in [1.54, 1.807) is 0 Å². The Morgan fingerprint density at radius 2 is 1.83 bits per heavy atom. The van der Waals surface area contributed by atoms with Gasteiger partial charge < -0.3 is 4.57 Å². The molecule has 1 atom stereocenters. The molecule has 1 aromatic heterocycles. The average molecular weight is 346 g/mol. The predicted molar refractivity (Wildman–Crippen MR) is 102 cm³/mol. The number of benzene rings is 1. The lowest BCUT2D eigenvalue weighted by molar-refractivity contribution is 0.0946. The van der Waals surface area contributed by atoms with Gasteiger partial charge in [-0.15, -0.1) is 11.6 Å². The summed E-state index contributed by atoms with van der Waals surface area (Å²) in [4.78, 5) is 13.2. The molecule has 0 saturated heterocycles. The molecule has 0 spiro atoms.